The molecule has 0 saturated carbocycles. The highest BCUT2D eigenvalue weighted by Crippen LogP contribution is 2.24. The third kappa shape index (κ3) is 3.24. The highest BCUT2D eigenvalue weighted by molar-refractivity contribution is 5.58. The normalized spacial score (nSPS) is 10.5. The van der Waals surface area contributed by atoms with Gasteiger partial charge in [0.2, 0.25) is 0 Å². The molecule has 0 fully saturated rings. The summed E-state index contributed by atoms with van der Waals surface area (Å²) in [4.78, 5) is 2.42. The van der Waals surface area contributed by atoms with E-state index in [2.05, 4.69) is 43.9 Å². The van der Waals surface area contributed by atoms with Crippen LogP contribution in [0.15, 0.2) is 18.2 Å². The molecule has 0 bridgehead atoms. The molecule has 0 heterocycles. The van der Waals surface area contributed by atoms with Crippen LogP contribution in [0.25, 0.3) is 0 Å². The number of hydrogen-bond donors (Lipinski definition) is 1. The zero-order valence-electron chi connectivity index (χ0n) is 10.8. The van der Waals surface area contributed by atoms with Crippen LogP contribution >= 0.6 is 0 Å². The molecule has 2 nitrogen and oxygen atoms in total. The van der Waals surface area contributed by atoms with E-state index in [-0.39, 0.29) is 0 Å². The van der Waals surface area contributed by atoms with Gasteiger partial charge in [0.05, 0.1) is 0 Å². The maximum absolute atomic E-state index is 5.70. The first-order valence-corrected chi connectivity index (χ1v) is 6.22. The highest BCUT2D eigenvalue weighted by atomic mass is 15.1. The summed E-state index contributed by atoms with van der Waals surface area (Å²) in [5.74, 6) is 0. The Hall–Kier alpha value is -1.02. The molecule has 1 aromatic carbocycles. The first-order chi connectivity index (χ1) is 7.70. The molecular formula is C14H24N2. The quantitative estimate of drug-likeness (QED) is 0.798. The molecule has 1 aromatic rings. The Morgan fingerprint density at radius 1 is 1.12 bits per heavy atom. The highest BCUT2D eigenvalue weighted by Gasteiger charge is 2.10. The fourth-order valence-corrected chi connectivity index (χ4v) is 2.14. The van der Waals surface area contributed by atoms with E-state index in [4.69, 9.17) is 5.73 Å². The zero-order chi connectivity index (χ0) is 12.0. The summed E-state index contributed by atoms with van der Waals surface area (Å²) in [6, 6.07) is 6.48. The Labute approximate surface area is 99.5 Å². The van der Waals surface area contributed by atoms with Crippen LogP contribution < -0.4 is 10.6 Å². The lowest BCUT2D eigenvalue weighted by Crippen LogP contribution is -2.31. The van der Waals surface area contributed by atoms with Crippen LogP contribution in [0.3, 0.4) is 0 Å². The van der Waals surface area contributed by atoms with Crippen molar-refractivity contribution < 1.29 is 0 Å². The molecule has 0 aromatic heterocycles. The number of aryl methyl sites for hydroxylation is 2. The van der Waals surface area contributed by atoms with Crippen molar-refractivity contribution >= 4 is 5.69 Å². The van der Waals surface area contributed by atoms with Gasteiger partial charge >= 0.3 is 0 Å². The van der Waals surface area contributed by atoms with E-state index in [0.717, 1.165) is 19.6 Å². The van der Waals surface area contributed by atoms with Gasteiger partial charge in [-0.2, -0.15) is 0 Å². The molecule has 0 aliphatic heterocycles. The summed E-state index contributed by atoms with van der Waals surface area (Å²) in [6.45, 7) is 9.36. The number of nitrogens with two attached hydrogens (primary N) is 1. The number of anilines is 1. The van der Waals surface area contributed by atoms with Crippen molar-refractivity contribution in [2.45, 2.75) is 33.6 Å². The Morgan fingerprint density at radius 2 is 1.75 bits per heavy atom. The van der Waals surface area contributed by atoms with Gasteiger partial charge < -0.3 is 10.6 Å². The molecule has 0 atom stereocenters. The van der Waals surface area contributed by atoms with Crippen molar-refractivity contribution in [2.75, 3.05) is 24.5 Å². The van der Waals surface area contributed by atoms with Crippen LogP contribution in [-0.4, -0.2) is 19.6 Å². The van der Waals surface area contributed by atoms with Crippen LogP contribution in [0.5, 0.6) is 0 Å². The van der Waals surface area contributed by atoms with Crippen LogP contribution in [0.4, 0.5) is 5.69 Å². The number of nitrogens with zero attached hydrogens (tertiary/aromatic N) is 1. The van der Waals surface area contributed by atoms with Crippen LogP contribution in [0.1, 0.15) is 30.9 Å². The SMILES string of the molecule is CCCCN(CCN)c1c(C)cccc1C. The fraction of sp³-hybridized carbons (Fsp3) is 0.571. The second-order valence-electron chi connectivity index (χ2n) is 4.37. The van der Waals surface area contributed by atoms with Crippen molar-refractivity contribution in [3.63, 3.8) is 0 Å². The summed E-state index contributed by atoms with van der Waals surface area (Å²) in [6.07, 6.45) is 2.46. The summed E-state index contributed by atoms with van der Waals surface area (Å²) in [5, 5.41) is 0. The summed E-state index contributed by atoms with van der Waals surface area (Å²) in [7, 11) is 0. The first kappa shape index (κ1) is 13.0. The van der Waals surface area contributed by atoms with Crippen molar-refractivity contribution in [1.82, 2.24) is 0 Å². The lowest BCUT2D eigenvalue weighted by atomic mass is 10.1. The first-order valence-electron chi connectivity index (χ1n) is 6.22. The van der Waals surface area contributed by atoms with Gasteiger partial charge in [0.1, 0.15) is 0 Å². The number of hydrogen-bond acceptors (Lipinski definition) is 2. The third-order valence-corrected chi connectivity index (χ3v) is 2.94. The molecule has 90 valence electrons. The second-order valence-corrected chi connectivity index (χ2v) is 4.37. The molecule has 0 aliphatic carbocycles. The van der Waals surface area contributed by atoms with Crippen LogP contribution in [-0.2, 0) is 0 Å². The Balaban J connectivity index is 2.90. The zero-order valence-corrected chi connectivity index (χ0v) is 10.8. The van der Waals surface area contributed by atoms with Crippen LogP contribution in [0, 0.1) is 13.8 Å². The second kappa shape index (κ2) is 6.54. The number of rotatable bonds is 6. The van der Waals surface area contributed by atoms with Gasteiger partial charge in [0.25, 0.3) is 0 Å². The van der Waals surface area contributed by atoms with Crippen molar-refractivity contribution in [1.29, 1.82) is 0 Å². The lowest BCUT2D eigenvalue weighted by molar-refractivity contribution is 0.712. The lowest BCUT2D eigenvalue weighted by Gasteiger charge is -2.27. The average Bonchev–Trinajstić information content (AvgIpc) is 2.25. The Morgan fingerprint density at radius 3 is 2.25 bits per heavy atom. The van der Waals surface area contributed by atoms with Gasteiger partial charge in [-0.05, 0) is 31.4 Å². The van der Waals surface area contributed by atoms with Crippen molar-refractivity contribution in [3.05, 3.63) is 29.3 Å². The molecule has 0 aliphatic rings. The number of unbranched alkanes of at least 4 members (excludes halogenated alkanes) is 1. The van der Waals surface area contributed by atoms with E-state index >= 15 is 0 Å². The van der Waals surface area contributed by atoms with Gasteiger partial charge in [0, 0.05) is 25.3 Å². The van der Waals surface area contributed by atoms with Crippen molar-refractivity contribution in [2.24, 2.45) is 5.73 Å². The molecule has 0 radical (unpaired) electrons. The molecule has 1 rings (SSSR count). The molecule has 0 unspecified atom stereocenters. The topological polar surface area (TPSA) is 29.3 Å². The summed E-state index contributed by atoms with van der Waals surface area (Å²) >= 11 is 0. The fourth-order valence-electron chi connectivity index (χ4n) is 2.14. The van der Waals surface area contributed by atoms with Crippen LogP contribution in [0.2, 0.25) is 0 Å². The van der Waals surface area contributed by atoms with Crippen molar-refractivity contribution in [3.8, 4) is 0 Å². The summed E-state index contributed by atoms with van der Waals surface area (Å²) in [5.41, 5.74) is 9.78. The molecule has 2 N–H and O–H groups in total. The average molecular weight is 220 g/mol. The number of benzene rings is 1. The van der Waals surface area contributed by atoms with Gasteiger partial charge in [-0.25, -0.2) is 0 Å². The predicted octanol–water partition coefficient (Wildman–Crippen LogP) is 2.87. The molecule has 0 amide bonds. The molecule has 16 heavy (non-hydrogen) atoms. The van der Waals surface area contributed by atoms with E-state index in [0.29, 0.717) is 0 Å². The van der Waals surface area contributed by atoms with E-state index in [1.807, 2.05) is 0 Å². The van der Waals surface area contributed by atoms with E-state index < -0.39 is 0 Å². The van der Waals surface area contributed by atoms with Gasteiger partial charge in [-0.1, -0.05) is 31.5 Å². The standard InChI is InChI=1S/C14H24N2/c1-4-5-10-16(11-9-15)14-12(2)7-6-8-13(14)3/h6-8H,4-5,9-11,15H2,1-3H3. The maximum atomic E-state index is 5.70. The number of para-hydroxylation sites is 1. The molecule has 2 heteroatoms. The minimum absolute atomic E-state index is 0.720. The molecule has 0 saturated heterocycles. The van der Waals surface area contributed by atoms with Gasteiger partial charge in [0.15, 0.2) is 0 Å². The van der Waals surface area contributed by atoms with Gasteiger partial charge in [-0.15, -0.1) is 0 Å². The Bertz CT molecular complexity index is 300. The minimum Gasteiger partial charge on any atom is -0.370 e. The third-order valence-electron chi connectivity index (χ3n) is 2.94. The molecule has 0 spiro atoms. The van der Waals surface area contributed by atoms with E-state index in [1.54, 1.807) is 0 Å². The van der Waals surface area contributed by atoms with Gasteiger partial charge in [-0.3, -0.25) is 0 Å². The maximum Gasteiger partial charge on any atom is 0.0426 e. The smallest absolute Gasteiger partial charge is 0.0426 e. The van der Waals surface area contributed by atoms with E-state index in [9.17, 15) is 0 Å². The molecular weight excluding hydrogens is 196 g/mol. The minimum atomic E-state index is 0.720. The summed E-state index contributed by atoms with van der Waals surface area (Å²) < 4.78 is 0. The monoisotopic (exact) mass is 220 g/mol. The largest absolute Gasteiger partial charge is 0.370 e. The predicted molar refractivity (Wildman–Crippen MR) is 72.1 cm³/mol. The Kier molecular flexibility index (Phi) is 5.33. The van der Waals surface area contributed by atoms with E-state index in [1.165, 1.54) is 29.7 Å².